The minimum atomic E-state index is -0.447. The second kappa shape index (κ2) is 7.09. The van der Waals surface area contributed by atoms with Gasteiger partial charge in [0, 0.05) is 17.0 Å². The first-order valence-electron chi connectivity index (χ1n) is 8.84. The molecule has 28 heavy (non-hydrogen) atoms. The SMILES string of the molecule is Cc1cccc(C(=O)Oc2cc(C)c3c(c2)O/C(=C\c2sccc2C)C3=O)c1. The normalized spacial score (nSPS) is 14.1. The summed E-state index contributed by atoms with van der Waals surface area (Å²) in [6.07, 6.45) is 1.76. The lowest BCUT2D eigenvalue weighted by molar-refractivity contribution is 0.0734. The lowest BCUT2D eigenvalue weighted by Crippen LogP contribution is -2.09. The maximum atomic E-state index is 12.8. The Morgan fingerprint density at radius 1 is 1.07 bits per heavy atom. The molecule has 4 nitrogen and oxygen atoms in total. The second-order valence-corrected chi connectivity index (χ2v) is 7.73. The molecule has 0 atom stereocenters. The number of hydrogen-bond acceptors (Lipinski definition) is 5. The Morgan fingerprint density at radius 3 is 2.61 bits per heavy atom. The first-order valence-corrected chi connectivity index (χ1v) is 9.72. The van der Waals surface area contributed by atoms with Gasteiger partial charge in [0.05, 0.1) is 11.1 Å². The van der Waals surface area contributed by atoms with Crippen molar-refractivity contribution in [2.24, 2.45) is 0 Å². The summed E-state index contributed by atoms with van der Waals surface area (Å²) in [6.45, 7) is 5.71. The monoisotopic (exact) mass is 390 g/mol. The summed E-state index contributed by atoms with van der Waals surface area (Å²) in [6, 6.07) is 12.5. The third-order valence-corrected chi connectivity index (χ3v) is 5.54. The Labute approximate surface area is 167 Å². The van der Waals surface area contributed by atoms with Crippen LogP contribution in [0.5, 0.6) is 11.5 Å². The molecule has 0 N–H and O–H groups in total. The molecular formula is C23H18O4S. The zero-order chi connectivity index (χ0) is 19.8. The number of rotatable bonds is 3. The van der Waals surface area contributed by atoms with Crippen molar-refractivity contribution < 1.29 is 19.1 Å². The summed E-state index contributed by atoms with van der Waals surface area (Å²) in [5, 5.41) is 1.97. The highest BCUT2D eigenvalue weighted by atomic mass is 32.1. The molecule has 0 fully saturated rings. The van der Waals surface area contributed by atoms with Crippen molar-refractivity contribution in [3.05, 3.63) is 86.3 Å². The summed E-state index contributed by atoms with van der Waals surface area (Å²) in [7, 11) is 0. The zero-order valence-electron chi connectivity index (χ0n) is 15.7. The van der Waals surface area contributed by atoms with Crippen LogP contribution in [0.3, 0.4) is 0 Å². The first kappa shape index (κ1) is 18.2. The van der Waals surface area contributed by atoms with E-state index in [0.717, 1.165) is 16.0 Å². The summed E-state index contributed by atoms with van der Waals surface area (Å²) < 4.78 is 11.3. The Morgan fingerprint density at radius 2 is 1.89 bits per heavy atom. The van der Waals surface area contributed by atoms with Crippen LogP contribution < -0.4 is 9.47 Å². The number of ether oxygens (including phenoxy) is 2. The van der Waals surface area contributed by atoms with Crippen LogP contribution in [0.1, 0.15) is 42.3 Å². The van der Waals surface area contributed by atoms with Crippen LogP contribution in [0.15, 0.2) is 53.6 Å². The minimum absolute atomic E-state index is 0.156. The van der Waals surface area contributed by atoms with E-state index in [1.165, 1.54) is 0 Å². The number of fused-ring (bicyclic) bond motifs is 1. The van der Waals surface area contributed by atoms with Crippen molar-refractivity contribution in [3.63, 3.8) is 0 Å². The van der Waals surface area contributed by atoms with Gasteiger partial charge in [0.15, 0.2) is 5.76 Å². The van der Waals surface area contributed by atoms with Gasteiger partial charge in [-0.05, 0) is 61.5 Å². The standard InChI is InChI=1S/C23H18O4S/c1-13-5-4-6-16(9-13)23(25)26-17-10-15(3)21-18(11-17)27-19(22(21)24)12-20-14(2)7-8-28-20/h4-12H,1-3H3/b19-12-. The van der Waals surface area contributed by atoms with Gasteiger partial charge < -0.3 is 9.47 Å². The Hall–Kier alpha value is -3.18. The fourth-order valence-corrected chi connectivity index (χ4v) is 3.97. The fraction of sp³-hybridized carbons (Fsp3) is 0.130. The van der Waals surface area contributed by atoms with Crippen molar-refractivity contribution in [2.45, 2.75) is 20.8 Å². The third-order valence-electron chi connectivity index (χ3n) is 4.57. The number of esters is 1. The maximum Gasteiger partial charge on any atom is 0.343 e. The van der Waals surface area contributed by atoms with Gasteiger partial charge in [0.25, 0.3) is 0 Å². The van der Waals surface area contributed by atoms with Crippen molar-refractivity contribution in [1.29, 1.82) is 0 Å². The minimum Gasteiger partial charge on any atom is -0.452 e. The molecule has 0 amide bonds. The average molecular weight is 390 g/mol. The van der Waals surface area contributed by atoms with E-state index in [2.05, 4.69) is 0 Å². The number of ketones is 1. The van der Waals surface area contributed by atoms with E-state index in [1.807, 2.05) is 44.4 Å². The zero-order valence-corrected chi connectivity index (χ0v) is 16.6. The van der Waals surface area contributed by atoms with Crippen LogP contribution in [0.2, 0.25) is 0 Å². The van der Waals surface area contributed by atoms with E-state index in [9.17, 15) is 9.59 Å². The molecule has 0 spiro atoms. The molecule has 5 heteroatoms. The average Bonchev–Trinajstić information content (AvgIpc) is 3.19. The van der Waals surface area contributed by atoms with Gasteiger partial charge >= 0.3 is 5.97 Å². The second-order valence-electron chi connectivity index (χ2n) is 6.78. The molecule has 0 saturated carbocycles. The summed E-state index contributed by atoms with van der Waals surface area (Å²) in [4.78, 5) is 26.2. The molecule has 0 bridgehead atoms. The van der Waals surface area contributed by atoms with E-state index >= 15 is 0 Å². The van der Waals surface area contributed by atoms with Crippen molar-refractivity contribution in [1.82, 2.24) is 0 Å². The van der Waals surface area contributed by atoms with Gasteiger partial charge in [0.1, 0.15) is 11.5 Å². The lowest BCUT2D eigenvalue weighted by atomic mass is 10.0. The van der Waals surface area contributed by atoms with Crippen LogP contribution in [0.25, 0.3) is 6.08 Å². The van der Waals surface area contributed by atoms with E-state index in [1.54, 1.807) is 41.7 Å². The van der Waals surface area contributed by atoms with Gasteiger partial charge in [-0.2, -0.15) is 0 Å². The Bertz CT molecular complexity index is 1140. The number of carbonyl (C=O) groups excluding carboxylic acids is 2. The Kier molecular flexibility index (Phi) is 4.61. The molecule has 1 aromatic heterocycles. The molecule has 0 radical (unpaired) electrons. The largest absolute Gasteiger partial charge is 0.452 e. The van der Waals surface area contributed by atoms with Crippen LogP contribution in [0.4, 0.5) is 0 Å². The summed E-state index contributed by atoms with van der Waals surface area (Å²) in [5.41, 5.74) is 3.77. The number of Topliss-reactive ketones (excluding diaryl/α,β-unsaturated/α-hetero) is 1. The molecule has 0 saturated heterocycles. The van der Waals surface area contributed by atoms with Gasteiger partial charge in [0.2, 0.25) is 5.78 Å². The van der Waals surface area contributed by atoms with Gasteiger partial charge in [-0.1, -0.05) is 17.7 Å². The van der Waals surface area contributed by atoms with E-state index in [0.29, 0.717) is 28.2 Å². The Balaban J connectivity index is 1.62. The molecule has 2 heterocycles. The number of carbonyl (C=O) groups is 2. The topological polar surface area (TPSA) is 52.6 Å². The van der Waals surface area contributed by atoms with Crippen LogP contribution in [-0.2, 0) is 0 Å². The predicted molar refractivity (Wildman–Crippen MR) is 109 cm³/mol. The molecule has 0 unspecified atom stereocenters. The number of benzene rings is 2. The summed E-state index contributed by atoms with van der Waals surface area (Å²) >= 11 is 1.55. The molecule has 0 aliphatic carbocycles. The predicted octanol–water partition coefficient (Wildman–Crippen LogP) is 5.51. The molecule has 1 aliphatic heterocycles. The first-order chi connectivity index (χ1) is 13.4. The number of allylic oxidation sites excluding steroid dienone is 1. The highest BCUT2D eigenvalue weighted by Crippen LogP contribution is 2.38. The van der Waals surface area contributed by atoms with E-state index < -0.39 is 5.97 Å². The van der Waals surface area contributed by atoms with Crippen molar-refractivity contribution >= 4 is 29.2 Å². The number of aryl methyl sites for hydroxylation is 3. The number of thiophene rings is 1. The highest BCUT2D eigenvalue weighted by molar-refractivity contribution is 7.11. The molecule has 140 valence electrons. The van der Waals surface area contributed by atoms with Crippen LogP contribution >= 0.6 is 11.3 Å². The molecule has 2 aromatic carbocycles. The molecular weight excluding hydrogens is 372 g/mol. The summed E-state index contributed by atoms with van der Waals surface area (Å²) in [5.74, 6) is 0.446. The van der Waals surface area contributed by atoms with Gasteiger partial charge in [-0.25, -0.2) is 4.79 Å². The van der Waals surface area contributed by atoms with E-state index in [-0.39, 0.29) is 11.5 Å². The van der Waals surface area contributed by atoms with Gasteiger partial charge in [-0.3, -0.25) is 4.79 Å². The highest BCUT2D eigenvalue weighted by Gasteiger charge is 2.30. The lowest BCUT2D eigenvalue weighted by Gasteiger charge is -2.08. The van der Waals surface area contributed by atoms with Crippen LogP contribution in [-0.4, -0.2) is 11.8 Å². The third kappa shape index (κ3) is 3.37. The fourth-order valence-electron chi connectivity index (χ4n) is 3.13. The number of hydrogen-bond donors (Lipinski definition) is 0. The van der Waals surface area contributed by atoms with Crippen molar-refractivity contribution in [2.75, 3.05) is 0 Å². The van der Waals surface area contributed by atoms with E-state index in [4.69, 9.17) is 9.47 Å². The molecule has 4 rings (SSSR count). The smallest absolute Gasteiger partial charge is 0.343 e. The van der Waals surface area contributed by atoms with Crippen LogP contribution in [0, 0.1) is 20.8 Å². The molecule has 3 aromatic rings. The van der Waals surface area contributed by atoms with Crippen molar-refractivity contribution in [3.8, 4) is 11.5 Å². The maximum absolute atomic E-state index is 12.8. The quantitative estimate of drug-likeness (QED) is 0.336. The molecule has 1 aliphatic rings. The van der Waals surface area contributed by atoms with Gasteiger partial charge in [-0.15, -0.1) is 11.3 Å².